The van der Waals surface area contributed by atoms with Gasteiger partial charge in [0, 0.05) is 5.57 Å². The number of aromatic amines is 1. The van der Waals surface area contributed by atoms with Gasteiger partial charge in [-0.05, 0) is 12.5 Å². The van der Waals surface area contributed by atoms with Crippen LogP contribution in [0.15, 0.2) is 43.4 Å². The minimum atomic E-state index is 0.974. The summed E-state index contributed by atoms with van der Waals surface area (Å²) < 4.78 is 0. The van der Waals surface area contributed by atoms with E-state index in [1.54, 1.807) is 24.7 Å². The zero-order valence-corrected chi connectivity index (χ0v) is 7.17. The van der Waals surface area contributed by atoms with E-state index in [1.165, 1.54) is 0 Å². The Morgan fingerprint density at radius 2 is 2.25 bits per heavy atom. The number of hydrogen-bond acceptors (Lipinski definition) is 1. The van der Waals surface area contributed by atoms with Crippen LogP contribution in [-0.4, -0.2) is 9.97 Å². The molecule has 2 nitrogen and oxygen atoms in total. The van der Waals surface area contributed by atoms with E-state index >= 15 is 0 Å². The molecule has 0 aliphatic carbocycles. The van der Waals surface area contributed by atoms with Gasteiger partial charge in [0.15, 0.2) is 0 Å². The minimum Gasteiger partial charge on any atom is -0.345 e. The van der Waals surface area contributed by atoms with Crippen LogP contribution in [0.5, 0.6) is 0 Å². The van der Waals surface area contributed by atoms with E-state index in [-0.39, 0.29) is 0 Å². The van der Waals surface area contributed by atoms with Gasteiger partial charge in [-0.15, -0.1) is 0 Å². The second-order valence-corrected chi connectivity index (χ2v) is 2.47. The van der Waals surface area contributed by atoms with Crippen molar-refractivity contribution in [1.29, 1.82) is 0 Å². The van der Waals surface area contributed by atoms with Gasteiger partial charge in [0.25, 0.3) is 0 Å². The first kappa shape index (κ1) is 8.53. The number of nitrogens with one attached hydrogen (secondary N) is 1. The van der Waals surface area contributed by atoms with Crippen molar-refractivity contribution in [2.75, 3.05) is 0 Å². The summed E-state index contributed by atoms with van der Waals surface area (Å²) in [6.07, 6.45) is 7.02. The molecule has 0 aliphatic heterocycles. The van der Waals surface area contributed by atoms with Crippen LogP contribution >= 0.6 is 0 Å². The normalized spacial score (nSPS) is 12.1. The van der Waals surface area contributed by atoms with E-state index in [0.29, 0.717) is 0 Å². The lowest BCUT2D eigenvalue weighted by Crippen LogP contribution is -1.83. The third-order valence-corrected chi connectivity index (χ3v) is 1.72. The van der Waals surface area contributed by atoms with Crippen LogP contribution in [0.3, 0.4) is 0 Å². The molecule has 0 amide bonds. The van der Waals surface area contributed by atoms with Crippen molar-refractivity contribution in [3.63, 3.8) is 0 Å². The largest absolute Gasteiger partial charge is 0.345 e. The van der Waals surface area contributed by atoms with E-state index in [2.05, 4.69) is 23.1 Å². The van der Waals surface area contributed by atoms with Crippen molar-refractivity contribution in [2.45, 2.75) is 6.92 Å². The molecule has 0 spiro atoms. The Morgan fingerprint density at radius 1 is 1.50 bits per heavy atom. The number of rotatable bonds is 3. The summed E-state index contributed by atoms with van der Waals surface area (Å²) in [4.78, 5) is 6.95. The topological polar surface area (TPSA) is 28.7 Å². The fraction of sp³-hybridized carbons (Fsp3) is 0.100. The molecule has 0 radical (unpaired) electrons. The molecule has 1 aromatic rings. The van der Waals surface area contributed by atoms with E-state index in [0.717, 1.165) is 16.8 Å². The first-order valence-electron chi connectivity index (χ1n) is 3.74. The molecule has 1 N–H and O–H groups in total. The van der Waals surface area contributed by atoms with Gasteiger partial charge in [-0.25, -0.2) is 4.98 Å². The van der Waals surface area contributed by atoms with Gasteiger partial charge < -0.3 is 4.98 Å². The minimum absolute atomic E-state index is 0.974. The Bertz CT molecular complexity index is 305. The van der Waals surface area contributed by atoms with E-state index in [4.69, 9.17) is 0 Å². The number of hydrogen-bond donors (Lipinski definition) is 1. The second kappa shape index (κ2) is 3.72. The molecule has 1 rings (SSSR count). The van der Waals surface area contributed by atoms with Crippen LogP contribution in [0.1, 0.15) is 12.6 Å². The molecular formula is C10H12N2. The Kier molecular flexibility index (Phi) is 2.64. The number of imidazole rings is 1. The molecule has 1 aromatic heterocycles. The smallest absolute Gasteiger partial charge is 0.0924 e. The van der Waals surface area contributed by atoms with Gasteiger partial charge >= 0.3 is 0 Å². The molecule has 0 saturated carbocycles. The molecule has 0 bridgehead atoms. The van der Waals surface area contributed by atoms with Gasteiger partial charge in [0.05, 0.1) is 18.2 Å². The van der Waals surface area contributed by atoms with Gasteiger partial charge in [-0.3, -0.25) is 0 Å². The number of aromatic nitrogens is 2. The van der Waals surface area contributed by atoms with Gasteiger partial charge in [0.2, 0.25) is 0 Å². The summed E-state index contributed by atoms with van der Waals surface area (Å²) in [6.45, 7) is 9.42. The third-order valence-electron chi connectivity index (χ3n) is 1.72. The van der Waals surface area contributed by atoms with Crippen molar-refractivity contribution >= 4 is 5.57 Å². The SMILES string of the molecule is C=C/C(C)=C(\C=C)c1cnc[nH]1. The van der Waals surface area contributed by atoms with Crippen LogP contribution in [0.2, 0.25) is 0 Å². The van der Waals surface area contributed by atoms with E-state index in [1.807, 2.05) is 6.92 Å². The van der Waals surface area contributed by atoms with E-state index < -0.39 is 0 Å². The summed E-state index contributed by atoms with van der Waals surface area (Å²) >= 11 is 0. The fourth-order valence-electron chi connectivity index (χ4n) is 0.996. The van der Waals surface area contributed by atoms with Gasteiger partial charge in [-0.2, -0.15) is 0 Å². The van der Waals surface area contributed by atoms with Gasteiger partial charge in [0.1, 0.15) is 0 Å². The molecule has 0 atom stereocenters. The van der Waals surface area contributed by atoms with E-state index in [9.17, 15) is 0 Å². The highest BCUT2D eigenvalue weighted by Gasteiger charge is 1.99. The predicted molar refractivity (Wildman–Crippen MR) is 51.6 cm³/mol. The van der Waals surface area contributed by atoms with Crippen LogP contribution in [0, 0.1) is 0 Å². The summed E-state index contributed by atoms with van der Waals surface area (Å²) in [6, 6.07) is 0. The highest BCUT2D eigenvalue weighted by atomic mass is 14.9. The molecule has 0 saturated heterocycles. The lowest BCUT2D eigenvalue weighted by Gasteiger charge is -2.00. The number of H-pyrrole nitrogens is 1. The van der Waals surface area contributed by atoms with Crippen molar-refractivity contribution in [3.8, 4) is 0 Å². The van der Waals surface area contributed by atoms with Crippen LogP contribution in [-0.2, 0) is 0 Å². The van der Waals surface area contributed by atoms with Crippen molar-refractivity contribution < 1.29 is 0 Å². The predicted octanol–water partition coefficient (Wildman–Crippen LogP) is 2.56. The summed E-state index contributed by atoms with van der Waals surface area (Å²) in [5.41, 5.74) is 3.11. The first-order valence-corrected chi connectivity index (χ1v) is 3.74. The maximum Gasteiger partial charge on any atom is 0.0924 e. The molecule has 2 heteroatoms. The molecule has 1 heterocycles. The molecule has 0 unspecified atom stereocenters. The van der Waals surface area contributed by atoms with Crippen LogP contribution in [0.4, 0.5) is 0 Å². The summed E-state index contributed by atoms with van der Waals surface area (Å²) in [5, 5.41) is 0. The van der Waals surface area contributed by atoms with Gasteiger partial charge in [-0.1, -0.05) is 25.3 Å². The van der Waals surface area contributed by atoms with Crippen molar-refractivity contribution in [3.05, 3.63) is 49.1 Å². The standard InChI is InChI=1S/C10H12N2/c1-4-8(3)9(5-2)10-6-11-7-12-10/h4-7H,1-2H2,3H3,(H,11,12)/b9-8+. The lowest BCUT2D eigenvalue weighted by molar-refractivity contribution is 1.30. The quantitative estimate of drug-likeness (QED) is 0.676. The number of allylic oxidation sites excluding steroid dienone is 4. The van der Waals surface area contributed by atoms with Crippen molar-refractivity contribution in [2.24, 2.45) is 0 Å². The maximum atomic E-state index is 3.94. The average molecular weight is 160 g/mol. The summed E-state index contributed by atoms with van der Waals surface area (Å²) in [7, 11) is 0. The zero-order valence-electron chi connectivity index (χ0n) is 7.17. The van der Waals surface area contributed by atoms with Crippen LogP contribution in [0.25, 0.3) is 5.57 Å². The second-order valence-electron chi connectivity index (χ2n) is 2.47. The zero-order chi connectivity index (χ0) is 8.97. The molecular weight excluding hydrogens is 148 g/mol. The monoisotopic (exact) mass is 160 g/mol. The average Bonchev–Trinajstić information content (AvgIpc) is 2.58. The number of nitrogens with zero attached hydrogens (tertiary/aromatic N) is 1. The molecule has 62 valence electrons. The Morgan fingerprint density at radius 3 is 2.67 bits per heavy atom. The van der Waals surface area contributed by atoms with Crippen molar-refractivity contribution in [1.82, 2.24) is 9.97 Å². The summed E-state index contributed by atoms with van der Waals surface area (Å²) in [5.74, 6) is 0. The first-order chi connectivity index (χ1) is 5.79. The highest BCUT2D eigenvalue weighted by molar-refractivity contribution is 5.75. The Labute approximate surface area is 72.3 Å². The highest BCUT2D eigenvalue weighted by Crippen LogP contribution is 2.17. The third kappa shape index (κ3) is 1.53. The Balaban J connectivity index is 3.14. The maximum absolute atomic E-state index is 3.94. The molecule has 0 aromatic carbocycles. The molecule has 12 heavy (non-hydrogen) atoms. The van der Waals surface area contributed by atoms with Crippen LogP contribution < -0.4 is 0 Å². The molecule has 0 fully saturated rings. The fourth-order valence-corrected chi connectivity index (χ4v) is 0.996. The molecule has 0 aliphatic rings. The lowest BCUT2D eigenvalue weighted by atomic mass is 10.1. The Hall–Kier alpha value is -1.57.